The Morgan fingerprint density at radius 3 is 2.47 bits per heavy atom. The monoisotopic (exact) mass is 518 g/mol. The second kappa shape index (κ2) is 10.3. The number of hydrogen-bond acceptors (Lipinski definition) is 7. The van der Waals surface area contributed by atoms with Crippen molar-refractivity contribution in [2.45, 2.75) is 44.2 Å². The molecule has 0 aliphatic rings. The first-order valence-electron chi connectivity index (χ1n) is 10.6. The number of benzene rings is 2. The van der Waals surface area contributed by atoms with Gasteiger partial charge in [-0.25, -0.2) is 13.4 Å². The van der Waals surface area contributed by atoms with E-state index in [0.29, 0.717) is 34.4 Å². The largest absolute Gasteiger partial charge is 0.491 e. The lowest BCUT2D eigenvalue weighted by Crippen LogP contribution is -2.19. The summed E-state index contributed by atoms with van der Waals surface area (Å²) in [6, 6.07) is 13.8. The third-order valence-electron chi connectivity index (χ3n) is 5.61. The fourth-order valence-corrected chi connectivity index (χ4v) is 5.90. The summed E-state index contributed by atoms with van der Waals surface area (Å²) in [6.07, 6.45) is 0.683. The molecule has 180 valence electrons. The van der Waals surface area contributed by atoms with Gasteiger partial charge in [-0.15, -0.1) is 22.9 Å². The van der Waals surface area contributed by atoms with Gasteiger partial charge in [0.25, 0.3) is 0 Å². The third-order valence-corrected chi connectivity index (χ3v) is 7.91. The Hall–Kier alpha value is -2.60. The highest BCUT2D eigenvalue weighted by Crippen LogP contribution is 2.37. The smallest absolute Gasteiger partial charge is 0.194 e. The van der Waals surface area contributed by atoms with E-state index >= 15 is 0 Å². The molecule has 1 atom stereocenters. The predicted octanol–water partition coefficient (Wildman–Crippen LogP) is 5.81. The van der Waals surface area contributed by atoms with Crippen molar-refractivity contribution in [3.63, 3.8) is 0 Å². The number of nitrogens with zero attached hydrogens (tertiary/aromatic N) is 2. The summed E-state index contributed by atoms with van der Waals surface area (Å²) in [4.78, 5) is 4.56. The second-order valence-electron chi connectivity index (χ2n) is 8.52. The van der Waals surface area contributed by atoms with Crippen molar-refractivity contribution >= 4 is 32.8 Å². The zero-order chi connectivity index (χ0) is 25.1. The number of aryl methyl sites for hydroxylation is 1. The lowest BCUT2D eigenvalue weighted by atomic mass is 9.77. The van der Waals surface area contributed by atoms with E-state index < -0.39 is 15.9 Å². The van der Waals surface area contributed by atoms with Crippen molar-refractivity contribution in [1.29, 1.82) is 5.26 Å². The minimum Gasteiger partial charge on any atom is -0.491 e. The van der Waals surface area contributed by atoms with Crippen molar-refractivity contribution in [1.82, 2.24) is 4.98 Å². The van der Waals surface area contributed by atoms with Crippen molar-refractivity contribution in [3.8, 4) is 17.6 Å². The van der Waals surface area contributed by atoms with Crippen LogP contribution in [-0.2, 0) is 15.3 Å². The molecule has 0 fully saturated rings. The number of aromatic nitrogens is 1. The molecule has 0 spiro atoms. The summed E-state index contributed by atoms with van der Waals surface area (Å²) in [5.41, 5.74) is 4.53. The van der Waals surface area contributed by atoms with Crippen LogP contribution in [0.25, 0.3) is 0 Å². The fourth-order valence-electron chi connectivity index (χ4n) is 3.72. The van der Waals surface area contributed by atoms with Crippen LogP contribution in [0.5, 0.6) is 11.5 Å². The van der Waals surface area contributed by atoms with E-state index in [4.69, 9.17) is 21.1 Å². The van der Waals surface area contributed by atoms with E-state index in [1.807, 2.05) is 43.3 Å². The van der Waals surface area contributed by atoms with E-state index in [-0.39, 0.29) is 10.4 Å². The van der Waals surface area contributed by atoms with Crippen LogP contribution >= 0.6 is 22.9 Å². The highest BCUT2D eigenvalue weighted by Gasteiger charge is 2.26. The highest BCUT2D eigenvalue weighted by molar-refractivity contribution is 7.90. The average Bonchev–Trinajstić information content (AvgIpc) is 3.29. The summed E-state index contributed by atoms with van der Waals surface area (Å²) in [5, 5.41) is 9.71. The van der Waals surface area contributed by atoms with Gasteiger partial charge in [-0.2, -0.15) is 5.26 Å². The molecule has 1 unspecified atom stereocenters. The summed E-state index contributed by atoms with van der Waals surface area (Å²) < 4.78 is 35.6. The minimum absolute atomic E-state index is 0.0601. The first kappa shape index (κ1) is 26.0. The van der Waals surface area contributed by atoms with Gasteiger partial charge >= 0.3 is 0 Å². The van der Waals surface area contributed by atoms with E-state index in [1.54, 1.807) is 6.92 Å². The first-order valence-corrected chi connectivity index (χ1v) is 13.9. The molecule has 3 aromatic rings. The molecule has 0 radical (unpaired) electrons. The van der Waals surface area contributed by atoms with Crippen LogP contribution in [0.2, 0.25) is 0 Å². The van der Waals surface area contributed by atoms with Gasteiger partial charge in [-0.05, 0) is 48.7 Å². The molecule has 1 heterocycles. The SMILES string of the molecule is Cc1cc(C(C)(C)c2ccc(OC(C)c3scnc3S(C)(=O)=O)cc2)cc(C#N)c1OCCCl. The normalized spacial score (nSPS) is 12.7. The van der Waals surface area contributed by atoms with Crippen molar-refractivity contribution in [2.24, 2.45) is 0 Å². The van der Waals surface area contributed by atoms with E-state index in [0.717, 1.165) is 22.9 Å². The quantitative estimate of drug-likeness (QED) is 0.332. The molecule has 0 N–H and O–H groups in total. The lowest BCUT2D eigenvalue weighted by Gasteiger charge is -2.28. The number of thiazole rings is 1. The number of nitriles is 1. The van der Waals surface area contributed by atoms with Gasteiger partial charge in [0.2, 0.25) is 0 Å². The van der Waals surface area contributed by atoms with Gasteiger partial charge in [0.1, 0.15) is 30.3 Å². The molecule has 0 amide bonds. The molecule has 9 heteroatoms. The molecule has 34 heavy (non-hydrogen) atoms. The fraction of sp³-hybridized carbons (Fsp3) is 0.360. The van der Waals surface area contributed by atoms with E-state index in [9.17, 15) is 13.7 Å². The molecule has 1 aromatic heterocycles. The van der Waals surface area contributed by atoms with Crippen LogP contribution in [0.1, 0.15) is 54.0 Å². The number of alkyl halides is 1. The van der Waals surface area contributed by atoms with Crippen molar-refractivity contribution in [3.05, 3.63) is 69.0 Å². The molecule has 6 nitrogen and oxygen atoms in total. The Morgan fingerprint density at radius 1 is 1.21 bits per heavy atom. The van der Waals surface area contributed by atoms with Crippen LogP contribution in [-0.4, -0.2) is 32.1 Å². The molecule has 0 aliphatic heterocycles. The molecular weight excluding hydrogens is 492 g/mol. The lowest BCUT2D eigenvalue weighted by molar-refractivity contribution is 0.227. The third kappa shape index (κ3) is 5.54. The number of halogens is 1. The summed E-state index contributed by atoms with van der Waals surface area (Å²) in [7, 11) is -3.42. The van der Waals surface area contributed by atoms with E-state index in [1.165, 1.54) is 16.8 Å². The molecule has 0 aliphatic carbocycles. The van der Waals surface area contributed by atoms with Crippen LogP contribution in [0.4, 0.5) is 0 Å². The van der Waals surface area contributed by atoms with Crippen molar-refractivity contribution in [2.75, 3.05) is 18.7 Å². The summed E-state index contributed by atoms with van der Waals surface area (Å²) in [5.74, 6) is 1.54. The van der Waals surface area contributed by atoms with Crippen LogP contribution in [0.15, 0.2) is 46.9 Å². The van der Waals surface area contributed by atoms with Gasteiger partial charge in [-0.3, -0.25) is 0 Å². The number of hydrogen-bond donors (Lipinski definition) is 0. The second-order valence-corrected chi connectivity index (χ2v) is 11.7. The molecular formula is C25H27ClN2O4S2. The maximum Gasteiger partial charge on any atom is 0.194 e. The Balaban J connectivity index is 1.85. The van der Waals surface area contributed by atoms with Gasteiger partial charge < -0.3 is 9.47 Å². The Kier molecular flexibility index (Phi) is 7.91. The predicted molar refractivity (Wildman–Crippen MR) is 135 cm³/mol. The topological polar surface area (TPSA) is 89.3 Å². The van der Waals surface area contributed by atoms with Gasteiger partial charge in [-0.1, -0.05) is 32.0 Å². The minimum atomic E-state index is -3.42. The number of ether oxygens (including phenoxy) is 2. The molecule has 0 saturated heterocycles. The molecule has 0 saturated carbocycles. The van der Waals surface area contributed by atoms with E-state index in [2.05, 4.69) is 24.9 Å². The van der Waals surface area contributed by atoms with Gasteiger partial charge in [0.05, 0.1) is 21.8 Å². The molecule has 2 aromatic carbocycles. The highest BCUT2D eigenvalue weighted by atomic mass is 35.5. The zero-order valence-corrected chi connectivity index (χ0v) is 22.1. The standard InChI is InChI=1S/C25H27ClN2O4S2/c1-16-12-20(13-18(14-27)22(16)31-11-10-26)25(3,4)19-6-8-21(9-7-19)32-17(2)23-24(28-15-33-23)34(5,29)30/h6-9,12-13,15,17H,10-11H2,1-5H3. The average molecular weight is 519 g/mol. The van der Waals surface area contributed by atoms with Gasteiger partial charge in [0.15, 0.2) is 14.9 Å². The summed E-state index contributed by atoms with van der Waals surface area (Å²) in [6.45, 7) is 8.26. The Labute approximate surface area is 210 Å². The van der Waals surface area contributed by atoms with Gasteiger partial charge in [0, 0.05) is 11.7 Å². The molecule has 0 bridgehead atoms. The zero-order valence-electron chi connectivity index (χ0n) is 19.8. The van der Waals surface area contributed by atoms with Crippen LogP contribution in [0, 0.1) is 18.3 Å². The maximum absolute atomic E-state index is 12.0. The summed E-state index contributed by atoms with van der Waals surface area (Å²) >= 11 is 7.00. The maximum atomic E-state index is 12.0. The Bertz CT molecular complexity index is 1310. The number of rotatable bonds is 9. The van der Waals surface area contributed by atoms with Crippen LogP contribution in [0.3, 0.4) is 0 Å². The van der Waals surface area contributed by atoms with Crippen LogP contribution < -0.4 is 9.47 Å². The molecule has 3 rings (SSSR count). The van der Waals surface area contributed by atoms with Crippen molar-refractivity contribution < 1.29 is 17.9 Å². The first-order chi connectivity index (χ1) is 16.0. The Morgan fingerprint density at radius 2 is 1.88 bits per heavy atom. The number of sulfone groups is 1.